The maximum absolute atomic E-state index is 11.0. The van der Waals surface area contributed by atoms with Crippen molar-refractivity contribution in [2.45, 2.75) is 78.5 Å². The molecular weight excluding hydrogens is 270 g/mol. The van der Waals surface area contributed by atoms with Crippen LogP contribution in [0.3, 0.4) is 0 Å². The average molecular weight is 303 g/mol. The normalized spacial score (nSPS) is 29.8. The van der Waals surface area contributed by atoms with Crippen LogP contribution in [0.4, 0.5) is 0 Å². The van der Waals surface area contributed by atoms with E-state index < -0.39 is 0 Å². The summed E-state index contributed by atoms with van der Waals surface area (Å²) in [5.41, 5.74) is 2.77. The predicted octanol–water partition coefficient (Wildman–Crippen LogP) is 4.43. The monoisotopic (exact) mass is 303 g/mol. The molecule has 0 bridgehead atoms. The highest BCUT2D eigenvalue weighted by Crippen LogP contribution is 2.43. The Morgan fingerprint density at radius 3 is 2.18 bits per heavy atom. The lowest BCUT2D eigenvalue weighted by molar-refractivity contribution is 0.0502. The highest BCUT2D eigenvalue weighted by atomic mass is 16.3. The lowest BCUT2D eigenvalue weighted by Crippen LogP contribution is -2.37. The van der Waals surface area contributed by atoms with Gasteiger partial charge in [0.15, 0.2) is 0 Å². The Morgan fingerprint density at radius 2 is 1.73 bits per heavy atom. The molecule has 0 saturated carbocycles. The zero-order chi connectivity index (χ0) is 16.7. The number of hydrogen-bond donors (Lipinski definition) is 2. The third-order valence-electron chi connectivity index (χ3n) is 5.09. The smallest absolute Gasteiger partial charge is 0.0782 e. The number of nitrogens with one attached hydrogen (secondary N) is 1. The Morgan fingerprint density at radius 1 is 1.09 bits per heavy atom. The number of aliphatic hydroxyl groups excluding tert-OH is 1. The molecular formula is C20H33NO. The Labute approximate surface area is 136 Å². The van der Waals surface area contributed by atoms with Crippen LogP contribution in [0.1, 0.15) is 72.1 Å². The summed E-state index contributed by atoms with van der Waals surface area (Å²) in [6.07, 6.45) is 0.717. The van der Waals surface area contributed by atoms with Crippen LogP contribution >= 0.6 is 0 Å². The highest BCUT2D eigenvalue weighted by molar-refractivity contribution is 5.32. The van der Waals surface area contributed by atoms with Crippen molar-refractivity contribution in [1.82, 2.24) is 5.32 Å². The minimum Gasteiger partial charge on any atom is -0.391 e. The van der Waals surface area contributed by atoms with E-state index in [2.05, 4.69) is 78.0 Å². The summed E-state index contributed by atoms with van der Waals surface area (Å²) in [6, 6.07) is 9.13. The third kappa shape index (κ3) is 3.38. The zero-order valence-electron chi connectivity index (χ0n) is 15.3. The largest absolute Gasteiger partial charge is 0.391 e. The van der Waals surface area contributed by atoms with E-state index in [4.69, 9.17) is 0 Å². The number of benzene rings is 1. The van der Waals surface area contributed by atoms with Gasteiger partial charge in [0.1, 0.15) is 0 Å². The summed E-state index contributed by atoms with van der Waals surface area (Å²) < 4.78 is 0. The molecule has 1 fully saturated rings. The van der Waals surface area contributed by atoms with Crippen molar-refractivity contribution in [3.8, 4) is 0 Å². The van der Waals surface area contributed by atoms with Gasteiger partial charge in [-0.1, -0.05) is 72.7 Å². The van der Waals surface area contributed by atoms with Crippen LogP contribution in [0, 0.1) is 11.3 Å². The molecule has 4 unspecified atom stereocenters. The molecule has 1 aliphatic heterocycles. The van der Waals surface area contributed by atoms with Gasteiger partial charge >= 0.3 is 0 Å². The van der Waals surface area contributed by atoms with Gasteiger partial charge < -0.3 is 10.4 Å². The second kappa shape index (κ2) is 5.98. The van der Waals surface area contributed by atoms with E-state index >= 15 is 0 Å². The molecule has 1 aliphatic rings. The van der Waals surface area contributed by atoms with Crippen molar-refractivity contribution in [3.05, 3.63) is 35.4 Å². The number of rotatable bonds is 2. The van der Waals surface area contributed by atoms with Gasteiger partial charge in [0, 0.05) is 12.0 Å². The van der Waals surface area contributed by atoms with Gasteiger partial charge in [-0.3, -0.25) is 0 Å². The molecule has 2 nitrogen and oxygen atoms in total. The van der Waals surface area contributed by atoms with Crippen LogP contribution in [-0.2, 0) is 5.41 Å². The summed E-state index contributed by atoms with van der Waals surface area (Å²) in [7, 11) is 0. The van der Waals surface area contributed by atoms with E-state index in [1.165, 1.54) is 11.1 Å². The van der Waals surface area contributed by atoms with Crippen LogP contribution in [0.25, 0.3) is 0 Å². The Bertz CT molecular complexity index is 509. The topological polar surface area (TPSA) is 32.3 Å². The van der Waals surface area contributed by atoms with Gasteiger partial charge in [0.25, 0.3) is 0 Å². The van der Waals surface area contributed by atoms with Gasteiger partial charge in [0.2, 0.25) is 0 Å². The first-order valence-corrected chi connectivity index (χ1v) is 8.60. The Hall–Kier alpha value is -0.860. The first-order chi connectivity index (χ1) is 10.1. The van der Waals surface area contributed by atoms with Gasteiger partial charge in [-0.15, -0.1) is 0 Å². The molecule has 0 amide bonds. The lowest BCUT2D eigenvalue weighted by atomic mass is 9.73. The second-order valence-corrected chi connectivity index (χ2v) is 8.92. The second-order valence-electron chi connectivity index (χ2n) is 8.92. The quantitative estimate of drug-likeness (QED) is 0.847. The van der Waals surface area contributed by atoms with Crippen molar-refractivity contribution >= 4 is 0 Å². The molecule has 1 aromatic carbocycles. The molecule has 0 aromatic heterocycles. The zero-order valence-corrected chi connectivity index (χ0v) is 15.3. The van der Waals surface area contributed by atoms with Crippen molar-refractivity contribution in [2.24, 2.45) is 11.3 Å². The van der Waals surface area contributed by atoms with Crippen molar-refractivity contribution in [3.63, 3.8) is 0 Å². The summed E-state index contributed by atoms with van der Waals surface area (Å²) >= 11 is 0. The minimum absolute atomic E-state index is 0.0384. The summed E-state index contributed by atoms with van der Waals surface area (Å²) in [5, 5.41) is 14.7. The standard InChI is InChI=1S/C20H33NO/c1-8-15-16(20(5,6)7)18(22)17(21-15)13-10-9-11-14(12-13)19(2,3)4/h9-12,15-18,21-22H,8H2,1-7H3. The molecule has 2 rings (SSSR count). The first kappa shape index (κ1) is 17.5. The van der Waals surface area contributed by atoms with Crippen molar-refractivity contribution in [2.75, 3.05) is 0 Å². The fourth-order valence-electron chi connectivity index (χ4n) is 3.86. The maximum Gasteiger partial charge on any atom is 0.0782 e. The molecule has 124 valence electrons. The Kier molecular flexibility index (Phi) is 4.75. The minimum atomic E-state index is -0.333. The van der Waals surface area contributed by atoms with Crippen LogP contribution in [0.2, 0.25) is 0 Å². The van der Waals surface area contributed by atoms with E-state index in [0.717, 1.165) is 6.42 Å². The van der Waals surface area contributed by atoms with Crippen LogP contribution in [-0.4, -0.2) is 17.3 Å². The highest BCUT2D eigenvalue weighted by Gasteiger charge is 2.47. The molecule has 1 aromatic rings. The predicted molar refractivity (Wildman–Crippen MR) is 94.0 cm³/mol. The van der Waals surface area contributed by atoms with E-state index in [0.29, 0.717) is 6.04 Å². The average Bonchev–Trinajstić information content (AvgIpc) is 2.74. The number of hydrogen-bond acceptors (Lipinski definition) is 2. The molecule has 4 atom stereocenters. The summed E-state index contributed by atoms with van der Waals surface area (Å²) in [6.45, 7) is 15.6. The molecule has 0 radical (unpaired) electrons. The SMILES string of the molecule is CCC1NC(c2cccc(C(C)(C)C)c2)C(O)C1C(C)(C)C. The molecule has 1 heterocycles. The van der Waals surface area contributed by atoms with Gasteiger partial charge in [-0.2, -0.15) is 0 Å². The molecule has 0 aliphatic carbocycles. The fourth-order valence-corrected chi connectivity index (χ4v) is 3.86. The van der Waals surface area contributed by atoms with E-state index in [9.17, 15) is 5.11 Å². The van der Waals surface area contributed by atoms with Crippen LogP contribution in [0.5, 0.6) is 0 Å². The third-order valence-corrected chi connectivity index (χ3v) is 5.09. The van der Waals surface area contributed by atoms with Gasteiger partial charge in [0.05, 0.1) is 12.1 Å². The molecule has 2 N–H and O–H groups in total. The lowest BCUT2D eigenvalue weighted by Gasteiger charge is -2.33. The van der Waals surface area contributed by atoms with E-state index in [1.807, 2.05) is 0 Å². The summed E-state index contributed by atoms with van der Waals surface area (Å²) in [4.78, 5) is 0. The maximum atomic E-state index is 11.0. The summed E-state index contributed by atoms with van der Waals surface area (Å²) in [5.74, 6) is 0.279. The first-order valence-electron chi connectivity index (χ1n) is 8.60. The molecule has 22 heavy (non-hydrogen) atoms. The van der Waals surface area contributed by atoms with Crippen molar-refractivity contribution in [1.29, 1.82) is 0 Å². The molecule has 2 heteroatoms. The van der Waals surface area contributed by atoms with Gasteiger partial charge in [-0.05, 0) is 28.4 Å². The number of aliphatic hydroxyl groups is 1. The van der Waals surface area contributed by atoms with E-state index in [-0.39, 0.29) is 28.9 Å². The fraction of sp³-hybridized carbons (Fsp3) is 0.700. The van der Waals surface area contributed by atoms with Crippen LogP contribution in [0.15, 0.2) is 24.3 Å². The Balaban J connectivity index is 2.34. The van der Waals surface area contributed by atoms with Crippen molar-refractivity contribution < 1.29 is 5.11 Å². The van der Waals surface area contributed by atoms with E-state index in [1.54, 1.807) is 0 Å². The van der Waals surface area contributed by atoms with Gasteiger partial charge in [-0.25, -0.2) is 0 Å². The molecule has 1 saturated heterocycles. The van der Waals surface area contributed by atoms with Crippen LogP contribution < -0.4 is 5.32 Å². The molecule has 0 spiro atoms.